The summed E-state index contributed by atoms with van der Waals surface area (Å²) in [6.45, 7) is 0. The van der Waals surface area contributed by atoms with E-state index in [-0.39, 0.29) is 17.4 Å². The zero-order valence-electron chi connectivity index (χ0n) is 6.43. The highest BCUT2D eigenvalue weighted by Gasteiger charge is 2.08. The third-order valence-corrected chi connectivity index (χ3v) is 1.21. The number of ether oxygens (including phenoxy) is 1. The molecule has 64 valence electrons. The van der Waals surface area contributed by atoms with E-state index in [1.165, 1.54) is 19.5 Å². The molecule has 1 heterocycles. The third-order valence-electron chi connectivity index (χ3n) is 1.21. The quantitative estimate of drug-likeness (QED) is 0.271. The number of nitrogens with zero attached hydrogens (tertiary/aromatic N) is 3. The number of methoxy groups -OCH3 is 1. The predicted molar refractivity (Wildman–Crippen MR) is 41.1 cm³/mol. The van der Waals surface area contributed by atoms with E-state index in [0.29, 0.717) is 0 Å². The molecule has 0 atom stereocenters. The lowest BCUT2D eigenvalue weighted by Gasteiger charge is -2.02. The van der Waals surface area contributed by atoms with Gasteiger partial charge in [0.2, 0.25) is 5.88 Å². The Morgan fingerprint density at radius 1 is 1.58 bits per heavy atom. The fourth-order valence-electron chi connectivity index (χ4n) is 0.698. The molecule has 1 rings (SSSR count). The van der Waals surface area contributed by atoms with Gasteiger partial charge in [0.05, 0.1) is 7.11 Å². The van der Waals surface area contributed by atoms with Crippen molar-refractivity contribution in [2.75, 3.05) is 7.11 Å². The van der Waals surface area contributed by atoms with Crippen molar-refractivity contribution in [2.24, 2.45) is 10.9 Å². The molecule has 0 amide bonds. The average molecular weight is 168 g/mol. The summed E-state index contributed by atoms with van der Waals surface area (Å²) < 4.78 is 4.82. The van der Waals surface area contributed by atoms with Gasteiger partial charge >= 0.3 is 0 Å². The van der Waals surface area contributed by atoms with Gasteiger partial charge in [0.1, 0.15) is 0 Å². The molecule has 0 bridgehead atoms. The molecule has 6 heteroatoms. The van der Waals surface area contributed by atoms with Crippen LogP contribution in [0.2, 0.25) is 0 Å². The first-order valence-corrected chi connectivity index (χ1v) is 3.12. The fourth-order valence-corrected chi connectivity index (χ4v) is 0.698. The summed E-state index contributed by atoms with van der Waals surface area (Å²) in [5.74, 6) is 0.104. The van der Waals surface area contributed by atoms with Gasteiger partial charge in [0.25, 0.3) is 0 Å². The number of oxime groups is 1. The van der Waals surface area contributed by atoms with Crippen molar-refractivity contribution in [2.45, 2.75) is 0 Å². The van der Waals surface area contributed by atoms with Crippen LogP contribution in [-0.2, 0) is 0 Å². The van der Waals surface area contributed by atoms with E-state index in [0.717, 1.165) is 0 Å². The second-order valence-corrected chi connectivity index (χ2v) is 1.90. The predicted octanol–water partition coefficient (Wildman–Crippen LogP) is -0.420. The van der Waals surface area contributed by atoms with Crippen LogP contribution >= 0.6 is 0 Å². The summed E-state index contributed by atoms with van der Waals surface area (Å²) in [5.41, 5.74) is 5.51. The Bertz CT molecular complexity index is 299. The van der Waals surface area contributed by atoms with Gasteiger partial charge < -0.3 is 15.7 Å². The number of aromatic nitrogens is 2. The average Bonchev–Trinajstić information content (AvgIpc) is 2.16. The van der Waals surface area contributed by atoms with Crippen LogP contribution in [0.15, 0.2) is 17.5 Å². The van der Waals surface area contributed by atoms with Gasteiger partial charge in [0, 0.05) is 12.4 Å². The standard InChI is InChI=1S/C6H8N4O2/c1-12-6-4(5(7)10-11)8-2-3-9-6/h2-3,11H,1H3,(H2,7,10). The molecular formula is C6H8N4O2. The summed E-state index contributed by atoms with van der Waals surface area (Å²) >= 11 is 0. The van der Waals surface area contributed by atoms with Gasteiger partial charge in [-0.25, -0.2) is 9.97 Å². The molecule has 0 aliphatic heterocycles. The third kappa shape index (κ3) is 1.42. The van der Waals surface area contributed by atoms with Crippen molar-refractivity contribution >= 4 is 5.84 Å². The number of rotatable bonds is 2. The van der Waals surface area contributed by atoms with Crippen molar-refractivity contribution in [3.05, 3.63) is 18.1 Å². The summed E-state index contributed by atoms with van der Waals surface area (Å²) in [6, 6.07) is 0. The first-order chi connectivity index (χ1) is 5.79. The van der Waals surface area contributed by atoms with Gasteiger partial charge in [-0.1, -0.05) is 5.16 Å². The zero-order chi connectivity index (χ0) is 8.97. The maximum Gasteiger partial charge on any atom is 0.243 e. The Balaban J connectivity index is 3.13. The van der Waals surface area contributed by atoms with E-state index in [4.69, 9.17) is 15.7 Å². The molecule has 0 spiro atoms. The molecule has 1 aromatic heterocycles. The Labute approximate surface area is 68.7 Å². The highest BCUT2D eigenvalue weighted by molar-refractivity contribution is 5.97. The normalized spacial score (nSPS) is 11.2. The maximum absolute atomic E-state index is 8.35. The summed E-state index contributed by atoms with van der Waals surface area (Å²) in [4.78, 5) is 7.63. The minimum absolute atomic E-state index is 0.125. The number of hydrogen-bond donors (Lipinski definition) is 2. The molecule has 0 saturated heterocycles. The fraction of sp³-hybridized carbons (Fsp3) is 0.167. The van der Waals surface area contributed by atoms with Gasteiger partial charge in [-0.05, 0) is 0 Å². The minimum Gasteiger partial charge on any atom is -0.479 e. The molecule has 12 heavy (non-hydrogen) atoms. The summed E-state index contributed by atoms with van der Waals surface area (Å²) in [5, 5.41) is 11.1. The number of nitrogens with two attached hydrogens (primary N) is 1. The lowest BCUT2D eigenvalue weighted by molar-refractivity contribution is 0.318. The highest BCUT2D eigenvalue weighted by Crippen LogP contribution is 2.08. The minimum atomic E-state index is -0.125. The first kappa shape index (κ1) is 8.25. The molecule has 0 aliphatic rings. The molecule has 0 fully saturated rings. The second kappa shape index (κ2) is 3.51. The van der Waals surface area contributed by atoms with Crippen LogP contribution in [0.25, 0.3) is 0 Å². The van der Waals surface area contributed by atoms with E-state index < -0.39 is 0 Å². The van der Waals surface area contributed by atoms with Crippen LogP contribution in [0.5, 0.6) is 5.88 Å². The van der Waals surface area contributed by atoms with Crippen LogP contribution < -0.4 is 10.5 Å². The second-order valence-electron chi connectivity index (χ2n) is 1.90. The van der Waals surface area contributed by atoms with E-state index >= 15 is 0 Å². The van der Waals surface area contributed by atoms with E-state index in [1.807, 2.05) is 0 Å². The van der Waals surface area contributed by atoms with Gasteiger partial charge in [0.15, 0.2) is 11.5 Å². The number of hydrogen-bond acceptors (Lipinski definition) is 5. The lowest BCUT2D eigenvalue weighted by atomic mass is 10.4. The van der Waals surface area contributed by atoms with E-state index in [1.54, 1.807) is 0 Å². The molecule has 0 saturated carbocycles. The first-order valence-electron chi connectivity index (χ1n) is 3.12. The van der Waals surface area contributed by atoms with Crippen LogP contribution in [0.4, 0.5) is 0 Å². The highest BCUT2D eigenvalue weighted by atomic mass is 16.5. The molecule has 6 nitrogen and oxygen atoms in total. The van der Waals surface area contributed by atoms with Gasteiger partial charge in [-0.3, -0.25) is 0 Å². The molecular weight excluding hydrogens is 160 g/mol. The molecule has 0 aromatic carbocycles. The maximum atomic E-state index is 8.35. The van der Waals surface area contributed by atoms with Crippen LogP contribution in [0, 0.1) is 0 Å². The Morgan fingerprint density at radius 3 is 2.83 bits per heavy atom. The summed E-state index contributed by atoms with van der Waals surface area (Å²) in [6.07, 6.45) is 2.88. The zero-order valence-corrected chi connectivity index (χ0v) is 6.43. The van der Waals surface area contributed by atoms with Crippen molar-refractivity contribution in [1.29, 1.82) is 0 Å². The van der Waals surface area contributed by atoms with Gasteiger partial charge in [-0.2, -0.15) is 0 Å². The van der Waals surface area contributed by atoms with Crippen molar-refractivity contribution < 1.29 is 9.94 Å². The molecule has 1 aromatic rings. The Hall–Kier alpha value is -1.85. The largest absolute Gasteiger partial charge is 0.479 e. The van der Waals surface area contributed by atoms with Crippen LogP contribution in [-0.4, -0.2) is 28.1 Å². The Morgan fingerprint density at radius 2 is 2.25 bits per heavy atom. The topological polar surface area (TPSA) is 93.6 Å². The van der Waals surface area contributed by atoms with Crippen LogP contribution in [0.1, 0.15) is 5.69 Å². The van der Waals surface area contributed by atoms with Gasteiger partial charge in [-0.15, -0.1) is 0 Å². The molecule has 0 unspecified atom stereocenters. The monoisotopic (exact) mass is 168 g/mol. The molecule has 0 radical (unpaired) electrons. The van der Waals surface area contributed by atoms with E-state index in [9.17, 15) is 0 Å². The van der Waals surface area contributed by atoms with E-state index in [2.05, 4.69) is 15.1 Å². The summed E-state index contributed by atoms with van der Waals surface area (Å²) in [7, 11) is 1.43. The smallest absolute Gasteiger partial charge is 0.243 e. The number of amidine groups is 1. The van der Waals surface area contributed by atoms with Crippen LogP contribution in [0.3, 0.4) is 0 Å². The molecule has 3 N–H and O–H groups in total. The Kier molecular flexibility index (Phi) is 2.42. The molecule has 0 aliphatic carbocycles. The van der Waals surface area contributed by atoms with Crippen molar-refractivity contribution in [3.8, 4) is 5.88 Å². The SMILES string of the molecule is COc1nccnc1/C(N)=N/O. The van der Waals surface area contributed by atoms with Crippen molar-refractivity contribution in [1.82, 2.24) is 9.97 Å². The van der Waals surface area contributed by atoms with Crippen molar-refractivity contribution in [3.63, 3.8) is 0 Å². The lowest BCUT2D eigenvalue weighted by Crippen LogP contribution is -2.16.